The van der Waals surface area contributed by atoms with Gasteiger partial charge in [-0.1, -0.05) is 60.4 Å². The van der Waals surface area contributed by atoms with Crippen LogP contribution >= 0.6 is 24.0 Å². The van der Waals surface area contributed by atoms with Crippen LogP contribution in [0.15, 0.2) is 46.9 Å². The molecule has 3 rings (SSSR count). The molecule has 2 aliphatic heterocycles. The van der Waals surface area contributed by atoms with E-state index < -0.39 is 12.5 Å². The van der Waals surface area contributed by atoms with Crippen molar-refractivity contribution in [3.8, 4) is 0 Å². The third-order valence-electron chi connectivity index (χ3n) is 4.33. The smallest absolute Gasteiger partial charge is 0.323 e. The number of hydrogen-bond acceptors (Lipinski definition) is 6. The van der Waals surface area contributed by atoms with E-state index in [9.17, 15) is 9.59 Å². The van der Waals surface area contributed by atoms with Crippen LogP contribution in [0.2, 0.25) is 0 Å². The van der Waals surface area contributed by atoms with Crippen molar-refractivity contribution in [3.63, 3.8) is 0 Å². The number of rotatable bonds is 6. The fraction of sp³-hybridized carbons (Fsp3) is 0.381. The lowest BCUT2D eigenvalue weighted by Crippen LogP contribution is -2.33. The zero-order valence-corrected chi connectivity index (χ0v) is 18.0. The van der Waals surface area contributed by atoms with Crippen molar-refractivity contribution < 1.29 is 19.8 Å². The number of amides is 1. The largest absolute Gasteiger partial charge is 0.480 e. The van der Waals surface area contributed by atoms with E-state index in [4.69, 9.17) is 22.4 Å². The van der Waals surface area contributed by atoms with E-state index in [2.05, 4.69) is 4.90 Å². The lowest BCUT2D eigenvalue weighted by atomic mass is 10.1. The summed E-state index contributed by atoms with van der Waals surface area (Å²) >= 11 is 6.17. The van der Waals surface area contributed by atoms with Gasteiger partial charge < -0.3 is 15.1 Å². The Morgan fingerprint density at radius 3 is 2.48 bits per heavy atom. The first kappa shape index (κ1) is 23.3. The molecule has 0 aromatic heterocycles. The molecule has 1 aromatic carbocycles. The average molecular weight is 435 g/mol. The summed E-state index contributed by atoms with van der Waals surface area (Å²) in [6.07, 6.45) is 6.32. The van der Waals surface area contributed by atoms with Crippen molar-refractivity contribution in [3.05, 3.63) is 52.4 Å². The Hall–Kier alpha value is -2.00. The van der Waals surface area contributed by atoms with Gasteiger partial charge in [-0.3, -0.25) is 14.5 Å². The summed E-state index contributed by atoms with van der Waals surface area (Å²) in [7, 11) is 0. The van der Waals surface area contributed by atoms with E-state index in [1.807, 2.05) is 43.3 Å². The lowest BCUT2D eigenvalue weighted by molar-refractivity contribution is -0.140. The summed E-state index contributed by atoms with van der Waals surface area (Å²) in [6.45, 7) is 5.07. The molecule has 0 spiro atoms. The number of benzene rings is 1. The number of carboxylic acids is 1. The maximum atomic E-state index is 12.1. The number of allylic oxidation sites excluding steroid dienone is 2. The summed E-state index contributed by atoms with van der Waals surface area (Å²) in [5.74, 6) is -1.43. The molecule has 1 amide bonds. The highest BCUT2D eigenvalue weighted by Crippen LogP contribution is 2.31. The van der Waals surface area contributed by atoms with Crippen LogP contribution in [0.1, 0.15) is 25.3 Å². The Morgan fingerprint density at radius 1 is 1.24 bits per heavy atom. The molecule has 0 aliphatic carbocycles. The Labute approximate surface area is 180 Å². The Balaban J connectivity index is 0.000000313. The van der Waals surface area contributed by atoms with Gasteiger partial charge >= 0.3 is 5.97 Å². The van der Waals surface area contributed by atoms with Crippen molar-refractivity contribution in [1.82, 2.24) is 9.80 Å². The van der Waals surface area contributed by atoms with Crippen molar-refractivity contribution in [1.29, 1.82) is 0 Å². The molecule has 0 saturated carbocycles. The molecule has 2 heterocycles. The van der Waals surface area contributed by atoms with E-state index in [-0.39, 0.29) is 10.2 Å². The highest BCUT2D eigenvalue weighted by atomic mass is 32.2. The third kappa shape index (κ3) is 7.74. The predicted molar refractivity (Wildman–Crippen MR) is 120 cm³/mol. The SMILES string of the molecule is CC(/C=C1\SC(=S)N(CC(=O)O)C1=O)=C\c1ccccc1.OCCN1CCCC1. The van der Waals surface area contributed by atoms with Gasteiger partial charge in [-0.15, -0.1) is 0 Å². The van der Waals surface area contributed by atoms with E-state index >= 15 is 0 Å². The molecule has 2 fully saturated rings. The highest BCUT2D eigenvalue weighted by Gasteiger charge is 2.33. The van der Waals surface area contributed by atoms with E-state index in [1.54, 1.807) is 6.08 Å². The Bertz CT molecular complexity index is 787. The number of thiocarbonyl (C=S) groups is 1. The average Bonchev–Trinajstić information content (AvgIpc) is 3.27. The molecule has 0 radical (unpaired) electrons. The van der Waals surface area contributed by atoms with Crippen LogP contribution in [0.3, 0.4) is 0 Å². The lowest BCUT2D eigenvalue weighted by Gasteiger charge is -2.10. The Kier molecular flexibility index (Phi) is 9.53. The number of nitrogens with zero attached hydrogens (tertiary/aromatic N) is 2. The number of likely N-dealkylation sites (tertiary alicyclic amines) is 1. The van der Waals surface area contributed by atoms with Crippen LogP contribution in [-0.2, 0) is 9.59 Å². The number of thioether (sulfide) groups is 1. The minimum Gasteiger partial charge on any atom is -0.480 e. The van der Waals surface area contributed by atoms with Crippen LogP contribution < -0.4 is 0 Å². The summed E-state index contributed by atoms with van der Waals surface area (Å²) < 4.78 is 0.279. The molecule has 8 heteroatoms. The summed E-state index contributed by atoms with van der Waals surface area (Å²) in [4.78, 5) is 26.7. The normalized spacial score (nSPS) is 18.9. The maximum Gasteiger partial charge on any atom is 0.323 e. The molecule has 0 atom stereocenters. The molecule has 0 bridgehead atoms. The number of aliphatic carboxylic acids is 1. The molecular formula is C21H26N2O4S2. The van der Waals surface area contributed by atoms with Crippen molar-refractivity contribution in [2.45, 2.75) is 19.8 Å². The molecular weight excluding hydrogens is 408 g/mol. The zero-order valence-electron chi connectivity index (χ0n) is 16.4. The number of β-amino-alcohol motifs (C(OH)–C–C–N with tert-alkyl or cyclic N) is 1. The van der Waals surface area contributed by atoms with E-state index in [0.29, 0.717) is 11.5 Å². The van der Waals surface area contributed by atoms with Crippen molar-refractivity contribution >= 4 is 46.3 Å². The number of aliphatic hydroxyl groups excluding tert-OH is 1. The maximum absolute atomic E-state index is 12.1. The second kappa shape index (κ2) is 11.9. The van der Waals surface area contributed by atoms with Crippen LogP contribution in [0.25, 0.3) is 6.08 Å². The van der Waals surface area contributed by atoms with Crippen LogP contribution in [0, 0.1) is 0 Å². The van der Waals surface area contributed by atoms with Gasteiger partial charge in [-0.25, -0.2) is 0 Å². The van der Waals surface area contributed by atoms with Gasteiger partial charge in [0.15, 0.2) is 0 Å². The molecule has 1 aromatic rings. The first-order valence-corrected chi connectivity index (χ1v) is 10.7. The first-order valence-electron chi connectivity index (χ1n) is 9.44. The van der Waals surface area contributed by atoms with Gasteiger partial charge in [0, 0.05) is 6.54 Å². The number of carboxylic acid groups (broad SMARTS) is 1. The van der Waals surface area contributed by atoms with Gasteiger partial charge in [-0.2, -0.15) is 0 Å². The monoisotopic (exact) mass is 434 g/mol. The van der Waals surface area contributed by atoms with Gasteiger partial charge in [0.1, 0.15) is 10.9 Å². The summed E-state index contributed by atoms with van der Waals surface area (Å²) in [5.41, 5.74) is 1.93. The molecule has 0 unspecified atom stereocenters. The van der Waals surface area contributed by atoms with Crippen molar-refractivity contribution in [2.75, 3.05) is 32.8 Å². The minimum atomic E-state index is -1.08. The van der Waals surface area contributed by atoms with Crippen molar-refractivity contribution in [2.24, 2.45) is 0 Å². The highest BCUT2D eigenvalue weighted by molar-refractivity contribution is 8.26. The molecule has 156 valence electrons. The number of carbonyl (C=O) groups is 2. The second-order valence-electron chi connectivity index (χ2n) is 6.73. The summed E-state index contributed by atoms with van der Waals surface area (Å²) in [6, 6.07) is 9.74. The van der Waals surface area contributed by atoms with Crippen LogP contribution in [0.4, 0.5) is 0 Å². The molecule has 2 N–H and O–H groups in total. The number of carbonyl (C=O) groups excluding carboxylic acids is 1. The Morgan fingerprint density at radius 2 is 1.90 bits per heavy atom. The van der Waals surface area contributed by atoms with Crippen LogP contribution in [0.5, 0.6) is 0 Å². The topological polar surface area (TPSA) is 81.1 Å². The standard InChI is InChI=1S/C15H13NO3S2.C6H13NO/c1-10(7-11-5-3-2-4-6-11)8-12-14(19)16(9-13(17)18)15(20)21-12;8-6-5-7-3-1-2-4-7/h2-8H,9H2,1H3,(H,17,18);8H,1-6H2/b10-7+,12-8-;. The predicted octanol–water partition coefficient (Wildman–Crippen LogP) is 2.99. The second-order valence-corrected chi connectivity index (χ2v) is 8.41. The molecule has 6 nitrogen and oxygen atoms in total. The summed E-state index contributed by atoms with van der Waals surface area (Å²) in [5, 5.41) is 17.3. The zero-order chi connectivity index (χ0) is 21.2. The van der Waals surface area contributed by atoms with Gasteiger partial charge in [0.2, 0.25) is 0 Å². The quantitative estimate of drug-likeness (QED) is 0.526. The molecule has 2 aliphatic rings. The fourth-order valence-corrected chi connectivity index (χ4v) is 4.28. The minimum absolute atomic E-state index is 0.279. The first-order chi connectivity index (χ1) is 13.9. The molecule has 29 heavy (non-hydrogen) atoms. The van der Waals surface area contributed by atoms with Gasteiger partial charge in [0.25, 0.3) is 5.91 Å². The van der Waals surface area contributed by atoms with E-state index in [1.165, 1.54) is 25.9 Å². The van der Waals surface area contributed by atoms with Gasteiger partial charge in [0.05, 0.1) is 11.5 Å². The van der Waals surface area contributed by atoms with Gasteiger partial charge in [-0.05, 0) is 50.1 Å². The number of aliphatic hydroxyl groups is 1. The van der Waals surface area contributed by atoms with Crippen LogP contribution in [-0.4, -0.2) is 69.0 Å². The number of hydrogen-bond donors (Lipinski definition) is 2. The molecule has 2 saturated heterocycles. The fourth-order valence-electron chi connectivity index (χ4n) is 2.98. The third-order valence-corrected chi connectivity index (χ3v) is 5.71. The van der Waals surface area contributed by atoms with E-state index in [0.717, 1.165) is 34.3 Å².